The molecule has 0 spiro atoms. The van der Waals surface area contributed by atoms with Gasteiger partial charge in [0.1, 0.15) is 0 Å². The molecule has 1 aromatic heterocycles. The van der Waals surface area contributed by atoms with Crippen molar-refractivity contribution in [3.8, 4) is 0 Å². The summed E-state index contributed by atoms with van der Waals surface area (Å²) >= 11 is 0. The lowest BCUT2D eigenvalue weighted by Gasteiger charge is -2.36. The van der Waals surface area contributed by atoms with Crippen molar-refractivity contribution in [1.82, 2.24) is 15.2 Å². The van der Waals surface area contributed by atoms with Gasteiger partial charge < -0.3 is 15.1 Å². The van der Waals surface area contributed by atoms with Crippen LogP contribution in [0.25, 0.3) is 0 Å². The first-order chi connectivity index (χ1) is 13.4. The van der Waals surface area contributed by atoms with E-state index in [1.807, 2.05) is 6.07 Å². The van der Waals surface area contributed by atoms with Gasteiger partial charge in [0.15, 0.2) is 5.82 Å². The number of hydrogen-bond donors (Lipinski definition) is 1. The number of piperazine rings is 1. The van der Waals surface area contributed by atoms with Gasteiger partial charge in [-0.2, -0.15) is 10.1 Å². The molecule has 1 aliphatic heterocycles. The summed E-state index contributed by atoms with van der Waals surface area (Å²) in [7, 11) is 0. The Morgan fingerprint density at radius 2 is 1.48 bits per heavy atom. The molecule has 2 aromatic carbocycles. The van der Waals surface area contributed by atoms with Crippen molar-refractivity contribution in [3.63, 3.8) is 0 Å². The fourth-order valence-corrected chi connectivity index (χ4v) is 3.32. The highest BCUT2D eigenvalue weighted by Gasteiger charge is 2.19. The molecule has 1 N–H and O–H groups in total. The summed E-state index contributed by atoms with van der Waals surface area (Å²) in [6.45, 7) is 4.60. The number of benzene rings is 2. The van der Waals surface area contributed by atoms with Gasteiger partial charge in [-0.3, -0.25) is 0 Å². The Morgan fingerprint density at radius 3 is 2.22 bits per heavy atom. The van der Waals surface area contributed by atoms with Crippen LogP contribution in [-0.4, -0.2) is 47.9 Å². The molecule has 0 atom stereocenters. The summed E-state index contributed by atoms with van der Waals surface area (Å²) < 4.78 is 0. The van der Waals surface area contributed by atoms with E-state index in [1.165, 1.54) is 11.3 Å². The van der Waals surface area contributed by atoms with Gasteiger partial charge in [0.05, 0.1) is 6.20 Å². The Kier molecular flexibility index (Phi) is 5.43. The second-order valence-electron chi connectivity index (χ2n) is 6.61. The van der Waals surface area contributed by atoms with Gasteiger partial charge >= 0.3 is 0 Å². The summed E-state index contributed by atoms with van der Waals surface area (Å²) in [4.78, 5) is 9.33. The van der Waals surface area contributed by atoms with Gasteiger partial charge in [0, 0.05) is 38.4 Å². The molecule has 1 saturated heterocycles. The molecule has 0 unspecified atom stereocenters. The van der Waals surface area contributed by atoms with E-state index in [0.29, 0.717) is 5.95 Å². The van der Waals surface area contributed by atoms with Gasteiger partial charge in [-0.25, -0.2) is 0 Å². The number of rotatable bonds is 6. The second-order valence-corrected chi connectivity index (χ2v) is 6.61. The van der Waals surface area contributed by atoms with Gasteiger partial charge in [0.2, 0.25) is 5.95 Å². The van der Waals surface area contributed by atoms with Crippen LogP contribution in [0, 0.1) is 0 Å². The molecule has 1 aliphatic rings. The van der Waals surface area contributed by atoms with Crippen LogP contribution in [0.2, 0.25) is 0 Å². The lowest BCUT2D eigenvalue weighted by atomic mass is 10.1. The molecule has 6 heteroatoms. The predicted octanol–water partition coefficient (Wildman–Crippen LogP) is 2.85. The lowest BCUT2D eigenvalue weighted by Crippen LogP contribution is -2.46. The Bertz CT molecular complexity index is 832. The largest absolute Gasteiger partial charge is 0.368 e. The van der Waals surface area contributed by atoms with Crippen LogP contribution in [0.15, 0.2) is 66.9 Å². The maximum absolute atomic E-state index is 4.65. The first-order valence-electron chi connectivity index (χ1n) is 9.41. The highest BCUT2D eigenvalue weighted by Crippen LogP contribution is 2.18. The van der Waals surface area contributed by atoms with Crippen molar-refractivity contribution in [2.45, 2.75) is 6.42 Å². The maximum Gasteiger partial charge on any atom is 0.244 e. The van der Waals surface area contributed by atoms with E-state index in [0.717, 1.165) is 45.0 Å². The summed E-state index contributed by atoms with van der Waals surface area (Å²) in [5.41, 5.74) is 2.58. The molecular formula is C21H24N6. The predicted molar refractivity (Wildman–Crippen MR) is 109 cm³/mol. The van der Waals surface area contributed by atoms with E-state index in [-0.39, 0.29) is 0 Å². The molecule has 27 heavy (non-hydrogen) atoms. The van der Waals surface area contributed by atoms with Crippen molar-refractivity contribution in [3.05, 3.63) is 72.4 Å². The number of nitrogens with one attached hydrogen (secondary N) is 1. The standard InChI is InChI=1S/C21H24N6/c1-3-7-18(8-4-1)11-12-22-21-24-20(17-23-25-21)27-15-13-26(14-16-27)19-9-5-2-6-10-19/h1-10,17H,11-16H2,(H,22,24,25). The summed E-state index contributed by atoms with van der Waals surface area (Å²) in [5.74, 6) is 1.48. The van der Waals surface area contributed by atoms with Crippen molar-refractivity contribution in [2.24, 2.45) is 0 Å². The Morgan fingerprint density at radius 1 is 0.815 bits per heavy atom. The number of anilines is 3. The van der Waals surface area contributed by atoms with Gasteiger partial charge in [-0.1, -0.05) is 48.5 Å². The van der Waals surface area contributed by atoms with E-state index in [9.17, 15) is 0 Å². The van der Waals surface area contributed by atoms with Crippen LogP contribution in [0.5, 0.6) is 0 Å². The second kappa shape index (κ2) is 8.49. The third-order valence-corrected chi connectivity index (χ3v) is 4.81. The number of aromatic nitrogens is 3. The van der Waals surface area contributed by atoms with Crippen LogP contribution in [0.4, 0.5) is 17.5 Å². The molecule has 2 heterocycles. The Labute approximate surface area is 159 Å². The van der Waals surface area contributed by atoms with E-state index >= 15 is 0 Å². The molecule has 0 saturated carbocycles. The SMILES string of the molecule is c1ccc(CCNc2nncc(N3CCN(c4ccccc4)CC3)n2)cc1. The number of hydrogen-bond acceptors (Lipinski definition) is 6. The third kappa shape index (κ3) is 4.53. The molecule has 1 fully saturated rings. The average Bonchev–Trinajstić information content (AvgIpc) is 2.76. The van der Waals surface area contributed by atoms with E-state index in [2.05, 4.69) is 84.9 Å². The molecule has 4 rings (SSSR count). The van der Waals surface area contributed by atoms with E-state index in [4.69, 9.17) is 0 Å². The van der Waals surface area contributed by atoms with E-state index in [1.54, 1.807) is 6.20 Å². The van der Waals surface area contributed by atoms with Crippen LogP contribution < -0.4 is 15.1 Å². The maximum atomic E-state index is 4.65. The first-order valence-corrected chi connectivity index (χ1v) is 9.41. The monoisotopic (exact) mass is 360 g/mol. The molecule has 0 bridgehead atoms. The summed E-state index contributed by atoms with van der Waals surface area (Å²) in [6, 6.07) is 21.0. The lowest BCUT2D eigenvalue weighted by molar-refractivity contribution is 0.644. The zero-order chi connectivity index (χ0) is 18.3. The smallest absolute Gasteiger partial charge is 0.244 e. The molecule has 0 aliphatic carbocycles. The normalized spacial score (nSPS) is 14.2. The first kappa shape index (κ1) is 17.3. The number of nitrogens with zero attached hydrogens (tertiary/aromatic N) is 5. The molecule has 138 valence electrons. The minimum atomic E-state index is 0.592. The van der Waals surface area contributed by atoms with Crippen molar-refractivity contribution >= 4 is 17.5 Å². The van der Waals surface area contributed by atoms with Crippen molar-refractivity contribution in [2.75, 3.05) is 47.8 Å². The van der Waals surface area contributed by atoms with Crippen molar-refractivity contribution in [1.29, 1.82) is 0 Å². The Hall–Kier alpha value is -3.15. The van der Waals surface area contributed by atoms with Crippen LogP contribution in [-0.2, 0) is 6.42 Å². The highest BCUT2D eigenvalue weighted by molar-refractivity contribution is 5.49. The summed E-state index contributed by atoms with van der Waals surface area (Å²) in [5, 5.41) is 11.5. The molecule has 3 aromatic rings. The third-order valence-electron chi connectivity index (χ3n) is 4.81. The van der Waals surface area contributed by atoms with Gasteiger partial charge in [-0.15, -0.1) is 5.10 Å². The van der Waals surface area contributed by atoms with Crippen LogP contribution in [0.1, 0.15) is 5.56 Å². The minimum Gasteiger partial charge on any atom is -0.368 e. The van der Waals surface area contributed by atoms with Crippen LogP contribution in [0.3, 0.4) is 0 Å². The average molecular weight is 360 g/mol. The zero-order valence-corrected chi connectivity index (χ0v) is 15.3. The van der Waals surface area contributed by atoms with Crippen molar-refractivity contribution < 1.29 is 0 Å². The van der Waals surface area contributed by atoms with Gasteiger partial charge in [-0.05, 0) is 24.1 Å². The fraction of sp³-hybridized carbons (Fsp3) is 0.286. The summed E-state index contributed by atoms with van der Waals surface area (Å²) in [6.07, 6.45) is 2.69. The van der Waals surface area contributed by atoms with Gasteiger partial charge in [0.25, 0.3) is 0 Å². The molecule has 6 nitrogen and oxygen atoms in total. The Balaban J connectivity index is 1.31. The fourth-order valence-electron chi connectivity index (χ4n) is 3.32. The topological polar surface area (TPSA) is 57.2 Å². The zero-order valence-electron chi connectivity index (χ0n) is 15.3. The highest BCUT2D eigenvalue weighted by atomic mass is 15.3. The molecular weight excluding hydrogens is 336 g/mol. The molecule has 0 radical (unpaired) electrons. The van der Waals surface area contributed by atoms with Crippen LogP contribution >= 0.6 is 0 Å². The minimum absolute atomic E-state index is 0.592. The molecule has 0 amide bonds. The van der Waals surface area contributed by atoms with E-state index < -0.39 is 0 Å². The number of para-hydroxylation sites is 1. The quantitative estimate of drug-likeness (QED) is 0.729.